The molecule has 0 aliphatic carbocycles. The summed E-state index contributed by atoms with van der Waals surface area (Å²) < 4.78 is 1.13. The summed E-state index contributed by atoms with van der Waals surface area (Å²) in [5, 5.41) is 10.2. The molecule has 0 heterocycles. The van der Waals surface area contributed by atoms with Crippen LogP contribution in [0.15, 0.2) is 126 Å². The molecule has 34 heavy (non-hydrogen) atoms. The number of rotatable bonds is 3. The summed E-state index contributed by atoms with van der Waals surface area (Å²) in [5.41, 5.74) is 3.48. The molecule has 160 valence electrons. The van der Waals surface area contributed by atoms with E-state index in [4.69, 9.17) is 0 Å². The SMILES string of the molecule is Brc1ccc2ccc3c(N(c4ccccc4)c4ccc5ccccc5c4)ccc4ccc1c2c43. The van der Waals surface area contributed by atoms with Crippen molar-refractivity contribution in [2.45, 2.75) is 0 Å². The van der Waals surface area contributed by atoms with E-state index in [-0.39, 0.29) is 0 Å². The number of anilines is 3. The van der Waals surface area contributed by atoms with Crippen molar-refractivity contribution in [1.82, 2.24) is 0 Å². The summed E-state index contributed by atoms with van der Waals surface area (Å²) in [6.07, 6.45) is 0. The fraction of sp³-hybridized carbons (Fsp3) is 0. The highest BCUT2D eigenvalue weighted by Gasteiger charge is 2.18. The van der Waals surface area contributed by atoms with Gasteiger partial charge in [0, 0.05) is 21.2 Å². The van der Waals surface area contributed by atoms with Crippen molar-refractivity contribution in [3.8, 4) is 0 Å². The number of fused-ring (bicyclic) bond motifs is 1. The minimum Gasteiger partial charge on any atom is -0.310 e. The molecule has 0 spiro atoms. The van der Waals surface area contributed by atoms with E-state index < -0.39 is 0 Å². The van der Waals surface area contributed by atoms with Crippen molar-refractivity contribution < 1.29 is 0 Å². The van der Waals surface area contributed by atoms with E-state index in [1.54, 1.807) is 0 Å². The highest BCUT2D eigenvalue weighted by molar-refractivity contribution is 9.10. The van der Waals surface area contributed by atoms with E-state index in [1.807, 2.05) is 0 Å². The number of nitrogens with zero attached hydrogens (tertiary/aromatic N) is 1. The molecule has 0 atom stereocenters. The van der Waals surface area contributed by atoms with Crippen LogP contribution in [0.4, 0.5) is 17.1 Å². The molecule has 7 rings (SSSR count). The maximum absolute atomic E-state index is 3.77. The van der Waals surface area contributed by atoms with Crippen molar-refractivity contribution in [1.29, 1.82) is 0 Å². The normalized spacial score (nSPS) is 11.7. The second kappa shape index (κ2) is 7.58. The number of benzene rings is 7. The molecule has 0 N–H and O–H groups in total. The molecule has 0 saturated carbocycles. The van der Waals surface area contributed by atoms with Crippen molar-refractivity contribution >= 4 is 76.1 Å². The van der Waals surface area contributed by atoms with E-state index >= 15 is 0 Å². The Morgan fingerprint density at radius 1 is 0.441 bits per heavy atom. The summed E-state index contributed by atoms with van der Waals surface area (Å²) in [7, 11) is 0. The van der Waals surface area contributed by atoms with E-state index in [9.17, 15) is 0 Å². The van der Waals surface area contributed by atoms with Crippen molar-refractivity contribution in [3.05, 3.63) is 126 Å². The fourth-order valence-electron chi connectivity index (χ4n) is 5.27. The van der Waals surface area contributed by atoms with Gasteiger partial charge in [-0.3, -0.25) is 0 Å². The minimum atomic E-state index is 1.13. The van der Waals surface area contributed by atoms with Crippen LogP contribution in [0.25, 0.3) is 43.1 Å². The molecule has 0 unspecified atom stereocenters. The van der Waals surface area contributed by atoms with Crippen LogP contribution in [0.2, 0.25) is 0 Å². The molecule has 0 bridgehead atoms. The Morgan fingerprint density at radius 2 is 1.06 bits per heavy atom. The first-order valence-corrected chi connectivity index (χ1v) is 12.3. The predicted octanol–water partition coefficient (Wildman–Crippen LogP) is 9.97. The molecule has 2 heteroatoms. The van der Waals surface area contributed by atoms with Crippen LogP contribution in [-0.2, 0) is 0 Å². The van der Waals surface area contributed by atoms with Crippen LogP contribution in [0.5, 0.6) is 0 Å². The van der Waals surface area contributed by atoms with Gasteiger partial charge < -0.3 is 4.90 Å². The van der Waals surface area contributed by atoms with E-state index in [0.29, 0.717) is 0 Å². The van der Waals surface area contributed by atoms with Crippen LogP contribution in [0.1, 0.15) is 0 Å². The molecule has 0 radical (unpaired) electrons. The third-order valence-corrected chi connectivity index (χ3v) is 7.53. The first kappa shape index (κ1) is 19.6. The summed E-state index contributed by atoms with van der Waals surface area (Å²) in [6, 6.07) is 43.8. The maximum Gasteiger partial charge on any atom is 0.0540 e. The lowest BCUT2D eigenvalue weighted by Gasteiger charge is -2.28. The molecule has 0 amide bonds. The lowest BCUT2D eigenvalue weighted by molar-refractivity contribution is 1.30. The van der Waals surface area contributed by atoms with Crippen LogP contribution >= 0.6 is 15.9 Å². The fourth-order valence-corrected chi connectivity index (χ4v) is 5.73. The third-order valence-electron chi connectivity index (χ3n) is 6.83. The first-order chi connectivity index (χ1) is 16.8. The van der Waals surface area contributed by atoms with Crippen LogP contribution in [0.3, 0.4) is 0 Å². The van der Waals surface area contributed by atoms with E-state index in [0.717, 1.165) is 15.8 Å². The Labute approximate surface area is 206 Å². The standard InChI is InChI=1S/C32H20BrN/c33-29-18-13-22-12-17-28-30(19-14-23-11-16-27(29)31(22)32(23)28)34(25-8-2-1-3-9-25)26-15-10-21-6-4-5-7-24(21)20-26/h1-20H. The average molecular weight is 498 g/mol. The quantitative estimate of drug-likeness (QED) is 0.219. The molecule has 1 nitrogen and oxygen atoms in total. The van der Waals surface area contributed by atoms with Gasteiger partial charge in [0.25, 0.3) is 0 Å². The summed E-state index contributed by atoms with van der Waals surface area (Å²) in [4.78, 5) is 2.38. The second-order valence-electron chi connectivity index (χ2n) is 8.76. The van der Waals surface area contributed by atoms with Crippen molar-refractivity contribution in [2.24, 2.45) is 0 Å². The summed E-state index contributed by atoms with van der Waals surface area (Å²) in [6.45, 7) is 0. The molecule has 0 aromatic heterocycles. The highest BCUT2D eigenvalue weighted by atomic mass is 79.9. The van der Waals surface area contributed by atoms with Crippen molar-refractivity contribution in [3.63, 3.8) is 0 Å². The van der Waals surface area contributed by atoms with Gasteiger partial charge in [-0.2, -0.15) is 0 Å². The Hall–Kier alpha value is -3.88. The zero-order valence-corrected chi connectivity index (χ0v) is 20.0. The molecule has 0 aliphatic heterocycles. The van der Waals surface area contributed by atoms with E-state index in [1.165, 1.54) is 48.8 Å². The van der Waals surface area contributed by atoms with Gasteiger partial charge in [0.15, 0.2) is 0 Å². The van der Waals surface area contributed by atoms with Gasteiger partial charge >= 0.3 is 0 Å². The van der Waals surface area contributed by atoms with Gasteiger partial charge in [-0.25, -0.2) is 0 Å². The molecule has 0 fully saturated rings. The first-order valence-electron chi connectivity index (χ1n) is 11.5. The highest BCUT2D eigenvalue weighted by Crippen LogP contribution is 2.45. The zero-order chi connectivity index (χ0) is 22.6. The van der Waals surface area contributed by atoms with Crippen LogP contribution in [0, 0.1) is 0 Å². The van der Waals surface area contributed by atoms with Gasteiger partial charge in [0.05, 0.1) is 5.69 Å². The predicted molar refractivity (Wildman–Crippen MR) is 150 cm³/mol. The maximum atomic E-state index is 3.77. The molecular formula is C32H20BrN. The number of hydrogen-bond donors (Lipinski definition) is 0. The smallest absolute Gasteiger partial charge is 0.0540 e. The molecule has 0 saturated heterocycles. The van der Waals surface area contributed by atoms with Gasteiger partial charge in [-0.05, 0) is 74.1 Å². The lowest BCUT2D eigenvalue weighted by Crippen LogP contribution is -2.10. The Morgan fingerprint density at radius 3 is 1.88 bits per heavy atom. The molecule has 7 aromatic carbocycles. The molecular weight excluding hydrogens is 478 g/mol. The number of para-hydroxylation sites is 1. The van der Waals surface area contributed by atoms with Gasteiger partial charge in [-0.15, -0.1) is 0 Å². The molecule has 0 aliphatic rings. The average Bonchev–Trinajstić information content (AvgIpc) is 2.90. The van der Waals surface area contributed by atoms with Crippen molar-refractivity contribution in [2.75, 3.05) is 4.90 Å². The summed E-state index contributed by atoms with van der Waals surface area (Å²) >= 11 is 3.77. The Kier molecular flexibility index (Phi) is 4.36. The lowest BCUT2D eigenvalue weighted by atomic mass is 9.93. The zero-order valence-electron chi connectivity index (χ0n) is 18.4. The topological polar surface area (TPSA) is 3.24 Å². The Bertz CT molecular complexity index is 1820. The Balaban J connectivity index is 1.57. The summed E-state index contributed by atoms with van der Waals surface area (Å²) in [5.74, 6) is 0. The molecule has 7 aromatic rings. The number of halogens is 1. The van der Waals surface area contributed by atoms with Crippen LogP contribution in [-0.4, -0.2) is 0 Å². The van der Waals surface area contributed by atoms with Crippen LogP contribution < -0.4 is 4.90 Å². The third kappa shape index (κ3) is 2.92. The monoisotopic (exact) mass is 497 g/mol. The minimum absolute atomic E-state index is 1.13. The van der Waals surface area contributed by atoms with Gasteiger partial charge in [0.1, 0.15) is 0 Å². The van der Waals surface area contributed by atoms with Gasteiger partial charge in [0.2, 0.25) is 0 Å². The van der Waals surface area contributed by atoms with Gasteiger partial charge in [-0.1, -0.05) is 101 Å². The second-order valence-corrected chi connectivity index (χ2v) is 9.61. The largest absolute Gasteiger partial charge is 0.310 e. The number of hydrogen-bond acceptors (Lipinski definition) is 1. The van der Waals surface area contributed by atoms with E-state index in [2.05, 4.69) is 142 Å².